The van der Waals surface area contributed by atoms with E-state index in [1.54, 1.807) is 31.4 Å². The molecule has 0 saturated carbocycles. The van der Waals surface area contributed by atoms with Crippen LogP contribution < -0.4 is 10.1 Å². The van der Waals surface area contributed by atoms with E-state index in [9.17, 15) is 4.79 Å². The molecule has 0 atom stereocenters. The smallest absolute Gasteiger partial charge is 0.234 e. The van der Waals surface area contributed by atoms with Crippen LogP contribution >= 0.6 is 23.4 Å². The topological polar surface area (TPSA) is 64.1 Å². The number of aryl methyl sites for hydroxylation is 1. The third-order valence-corrected chi connectivity index (χ3v) is 4.78. The maximum atomic E-state index is 12.1. The lowest BCUT2D eigenvalue weighted by atomic mass is 10.1. The van der Waals surface area contributed by atoms with Gasteiger partial charge in [-0.05, 0) is 61.5 Å². The highest BCUT2D eigenvalue weighted by Crippen LogP contribution is 2.24. The fourth-order valence-electron chi connectivity index (χ4n) is 2.38. The Kier molecular flexibility index (Phi) is 6.32. The van der Waals surface area contributed by atoms with E-state index in [4.69, 9.17) is 16.3 Å². The second-order valence-electron chi connectivity index (χ2n) is 5.75. The van der Waals surface area contributed by atoms with E-state index in [-0.39, 0.29) is 11.7 Å². The minimum absolute atomic E-state index is 0.126. The summed E-state index contributed by atoms with van der Waals surface area (Å²) in [5.74, 6) is 0.880. The van der Waals surface area contributed by atoms with E-state index >= 15 is 0 Å². The summed E-state index contributed by atoms with van der Waals surface area (Å²) in [7, 11) is 1.63. The standard InChI is InChI=1S/C20H18ClN3O2S/c1-13-11-18(14-3-9-17(26-2)10-4-14)24-20(22-13)27-12-19(25)23-16-7-5-15(21)6-8-16/h3-11H,12H2,1-2H3,(H,23,25). The van der Waals surface area contributed by atoms with Crippen molar-refractivity contribution in [3.63, 3.8) is 0 Å². The quantitative estimate of drug-likeness (QED) is 0.474. The van der Waals surface area contributed by atoms with Gasteiger partial charge in [-0.25, -0.2) is 9.97 Å². The molecule has 1 amide bonds. The number of aromatic nitrogens is 2. The second-order valence-corrected chi connectivity index (χ2v) is 7.13. The maximum absolute atomic E-state index is 12.1. The van der Waals surface area contributed by atoms with Crippen molar-refractivity contribution in [2.45, 2.75) is 12.1 Å². The van der Waals surface area contributed by atoms with Gasteiger partial charge in [-0.3, -0.25) is 4.79 Å². The molecule has 0 aliphatic carbocycles. The number of anilines is 1. The number of rotatable bonds is 6. The van der Waals surface area contributed by atoms with Gasteiger partial charge in [0.1, 0.15) is 5.75 Å². The molecular weight excluding hydrogens is 382 g/mol. The summed E-state index contributed by atoms with van der Waals surface area (Å²) in [4.78, 5) is 21.1. The lowest BCUT2D eigenvalue weighted by molar-refractivity contribution is -0.113. The van der Waals surface area contributed by atoms with Gasteiger partial charge in [0.2, 0.25) is 5.91 Å². The van der Waals surface area contributed by atoms with E-state index in [2.05, 4.69) is 15.3 Å². The third-order valence-electron chi connectivity index (χ3n) is 3.68. The van der Waals surface area contributed by atoms with Gasteiger partial charge in [0.05, 0.1) is 18.6 Å². The first kappa shape index (κ1) is 19.2. The fourth-order valence-corrected chi connectivity index (χ4v) is 3.21. The monoisotopic (exact) mass is 399 g/mol. The number of hydrogen-bond donors (Lipinski definition) is 1. The molecule has 0 radical (unpaired) electrons. The Morgan fingerprint density at radius 3 is 2.48 bits per heavy atom. The summed E-state index contributed by atoms with van der Waals surface area (Å²) < 4.78 is 5.18. The lowest BCUT2D eigenvalue weighted by Crippen LogP contribution is -2.14. The van der Waals surface area contributed by atoms with E-state index in [1.807, 2.05) is 37.3 Å². The molecule has 2 aromatic carbocycles. The molecule has 0 saturated heterocycles. The van der Waals surface area contributed by atoms with Gasteiger partial charge in [-0.2, -0.15) is 0 Å². The summed E-state index contributed by atoms with van der Waals surface area (Å²) in [6, 6.07) is 16.6. The molecule has 27 heavy (non-hydrogen) atoms. The van der Waals surface area contributed by atoms with Crippen LogP contribution in [-0.2, 0) is 4.79 Å². The van der Waals surface area contributed by atoms with E-state index < -0.39 is 0 Å². The van der Waals surface area contributed by atoms with Gasteiger partial charge in [0.25, 0.3) is 0 Å². The van der Waals surface area contributed by atoms with Crippen LogP contribution in [0.15, 0.2) is 59.8 Å². The van der Waals surface area contributed by atoms with Crippen molar-refractivity contribution < 1.29 is 9.53 Å². The minimum Gasteiger partial charge on any atom is -0.497 e. The van der Waals surface area contributed by atoms with Crippen molar-refractivity contribution in [2.75, 3.05) is 18.2 Å². The Bertz CT molecular complexity index is 931. The van der Waals surface area contributed by atoms with Gasteiger partial charge in [0, 0.05) is 22.0 Å². The highest BCUT2D eigenvalue weighted by Gasteiger charge is 2.09. The Morgan fingerprint density at radius 1 is 1.11 bits per heavy atom. The molecule has 0 spiro atoms. The molecule has 3 aromatic rings. The van der Waals surface area contributed by atoms with Crippen molar-refractivity contribution >= 4 is 35.0 Å². The molecule has 7 heteroatoms. The first-order valence-electron chi connectivity index (χ1n) is 8.22. The number of hydrogen-bond acceptors (Lipinski definition) is 5. The average Bonchev–Trinajstić information content (AvgIpc) is 2.68. The molecule has 0 aliphatic heterocycles. The molecule has 0 fully saturated rings. The number of halogens is 1. The van der Waals surface area contributed by atoms with E-state index in [0.29, 0.717) is 15.9 Å². The number of ether oxygens (including phenoxy) is 1. The summed E-state index contributed by atoms with van der Waals surface area (Å²) in [5.41, 5.74) is 3.32. The van der Waals surface area contributed by atoms with E-state index in [1.165, 1.54) is 11.8 Å². The fraction of sp³-hybridized carbons (Fsp3) is 0.150. The van der Waals surface area contributed by atoms with Crippen molar-refractivity contribution in [2.24, 2.45) is 0 Å². The molecule has 5 nitrogen and oxygen atoms in total. The predicted octanol–water partition coefficient (Wildman–Crippen LogP) is 4.84. The molecule has 0 unspecified atom stereocenters. The normalized spacial score (nSPS) is 10.5. The largest absolute Gasteiger partial charge is 0.497 e. The molecule has 1 N–H and O–H groups in total. The maximum Gasteiger partial charge on any atom is 0.234 e. The first-order valence-corrected chi connectivity index (χ1v) is 9.58. The zero-order valence-corrected chi connectivity index (χ0v) is 16.5. The van der Waals surface area contributed by atoms with Crippen molar-refractivity contribution in [1.29, 1.82) is 0 Å². The number of thioether (sulfide) groups is 1. The Balaban J connectivity index is 1.66. The first-order chi connectivity index (χ1) is 13.0. The van der Waals surface area contributed by atoms with Crippen LogP contribution in [0, 0.1) is 6.92 Å². The zero-order chi connectivity index (χ0) is 19.2. The van der Waals surface area contributed by atoms with Gasteiger partial charge < -0.3 is 10.1 Å². The second kappa shape index (κ2) is 8.88. The van der Waals surface area contributed by atoms with Crippen molar-refractivity contribution in [3.05, 3.63) is 65.3 Å². The number of nitrogens with zero attached hydrogens (tertiary/aromatic N) is 2. The van der Waals surface area contributed by atoms with E-state index in [0.717, 1.165) is 22.7 Å². The lowest BCUT2D eigenvalue weighted by Gasteiger charge is -2.08. The number of amides is 1. The number of benzene rings is 2. The van der Waals surface area contributed by atoms with Crippen LogP contribution in [0.1, 0.15) is 5.69 Å². The van der Waals surface area contributed by atoms with Crippen LogP contribution in [0.3, 0.4) is 0 Å². The molecule has 1 heterocycles. The highest BCUT2D eigenvalue weighted by atomic mass is 35.5. The summed E-state index contributed by atoms with van der Waals surface area (Å²) >= 11 is 7.14. The Labute approximate surface area is 167 Å². The van der Waals surface area contributed by atoms with Gasteiger partial charge >= 0.3 is 0 Å². The number of nitrogens with one attached hydrogen (secondary N) is 1. The number of carbonyl (C=O) groups is 1. The summed E-state index contributed by atoms with van der Waals surface area (Å²) in [6.07, 6.45) is 0. The van der Waals surface area contributed by atoms with Crippen LogP contribution in [-0.4, -0.2) is 28.7 Å². The molecule has 138 valence electrons. The molecule has 3 rings (SSSR count). The van der Waals surface area contributed by atoms with Crippen LogP contribution in [0.4, 0.5) is 5.69 Å². The third kappa shape index (κ3) is 5.45. The SMILES string of the molecule is COc1ccc(-c2cc(C)nc(SCC(=O)Nc3ccc(Cl)cc3)n2)cc1. The summed E-state index contributed by atoms with van der Waals surface area (Å²) in [6.45, 7) is 1.91. The van der Waals surface area contributed by atoms with Crippen LogP contribution in [0.2, 0.25) is 5.02 Å². The highest BCUT2D eigenvalue weighted by molar-refractivity contribution is 7.99. The van der Waals surface area contributed by atoms with Crippen LogP contribution in [0.5, 0.6) is 5.75 Å². The minimum atomic E-state index is -0.126. The number of methoxy groups -OCH3 is 1. The van der Waals surface area contributed by atoms with Gasteiger partial charge in [-0.1, -0.05) is 23.4 Å². The zero-order valence-electron chi connectivity index (χ0n) is 14.9. The van der Waals surface area contributed by atoms with Crippen molar-refractivity contribution in [3.8, 4) is 17.0 Å². The predicted molar refractivity (Wildman–Crippen MR) is 110 cm³/mol. The Hall–Kier alpha value is -2.57. The molecule has 1 aromatic heterocycles. The molecular formula is C20H18ClN3O2S. The van der Waals surface area contributed by atoms with Crippen molar-refractivity contribution in [1.82, 2.24) is 9.97 Å². The van der Waals surface area contributed by atoms with Gasteiger partial charge in [-0.15, -0.1) is 0 Å². The Morgan fingerprint density at radius 2 is 1.81 bits per heavy atom. The summed E-state index contributed by atoms with van der Waals surface area (Å²) in [5, 5.41) is 4.01. The average molecular weight is 400 g/mol. The number of carbonyl (C=O) groups excluding carboxylic acids is 1. The van der Waals surface area contributed by atoms with Crippen LogP contribution in [0.25, 0.3) is 11.3 Å². The van der Waals surface area contributed by atoms with Gasteiger partial charge in [0.15, 0.2) is 5.16 Å². The molecule has 0 aliphatic rings. The molecule has 0 bridgehead atoms.